The van der Waals surface area contributed by atoms with Gasteiger partial charge in [0.1, 0.15) is 0 Å². The molecule has 0 spiro atoms. The van der Waals surface area contributed by atoms with Crippen molar-refractivity contribution in [3.05, 3.63) is 42.0 Å². The maximum atomic E-state index is 12.8. The lowest BCUT2D eigenvalue weighted by molar-refractivity contribution is -0.142. The summed E-state index contributed by atoms with van der Waals surface area (Å²) in [6.07, 6.45) is 2.63. The third-order valence-electron chi connectivity index (χ3n) is 1.85. The number of hydrogen-bond donors (Lipinski definition) is 1. The van der Waals surface area contributed by atoms with E-state index in [1.54, 1.807) is 6.92 Å². The molecular formula is C12H11F2NO3. The molecule has 0 aliphatic rings. The average molecular weight is 255 g/mol. The number of benzene rings is 1. The lowest BCUT2D eigenvalue weighted by Crippen LogP contribution is -2.20. The van der Waals surface area contributed by atoms with E-state index in [-0.39, 0.29) is 5.69 Å². The first-order chi connectivity index (χ1) is 8.52. The van der Waals surface area contributed by atoms with Crippen molar-refractivity contribution in [2.75, 3.05) is 11.9 Å². The second kappa shape index (κ2) is 6.48. The van der Waals surface area contributed by atoms with E-state index in [0.717, 1.165) is 18.2 Å². The maximum Gasteiger partial charge on any atom is 0.330 e. The summed E-state index contributed by atoms with van der Waals surface area (Å²) in [5, 5.41) is 2.26. The normalized spacial score (nSPS) is 10.4. The van der Waals surface area contributed by atoms with Crippen LogP contribution < -0.4 is 5.32 Å². The predicted octanol–water partition coefficient (Wildman–Crippen LogP) is 2.02. The molecule has 1 aromatic carbocycles. The number of anilines is 1. The number of rotatable bonds is 4. The zero-order valence-electron chi connectivity index (χ0n) is 9.57. The third-order valence-corrected chi connectivity index (χ3v) is 1.85. The molecule has 0 fully saturated rings. The number of allylic oxidation sites excluding steroid dienone is 1. The summed E-state index contributed by atoms with van der Waals surface area (Å²) in [5.41, 5.74) is 0.0842. The Labute approximate surface area is 102 Å². The van der Waals surface area contributed by atoms with E-state index in [2.05, 4.69) is 10.1 Å². The largest absolute Gasteiger partial charge is 0.452 e. The summed E-state index contributed by atoms with van der Waals surface area (Å²) >= 11 is 0. The van der Waals surface area contributed by atoms with Gasteiger partial charge in [0, 0.05) is 17.8 Å². The lowest BCUT2D eigenvalue weighted by atomic mass is 10.3. The smallest absolute Gasteiger partial charge is 0.330 e. The van der Waals surface area contributed by atoms with Crippen LogP contribution in [0.3, 0.4) is 0 Å². The Balaban J connectivity index is 2.49. The first-order valence-corrected chi connectivity index (χ1v) is 5.07. The summed E-state index contributed by atoms with van der Waals surface area (Å²) in [4.78, 5) is 22.2. The van der Waals surface area contributed by atoms with Crippen molar-refractivity contribution in [2.45, 2.75) is 6.92 Å². The van der Waals surface area contributed by atoms with Crippen LogP contribution in [0.15, 0.2) is 30.4 Å². The molecule has 0 bridgehead atoms. The average Bonchev–Trinajstić information content (AvgIpc) is 2.32. The van der Waals surface area contributed by atoms with E-state index in [4.69, 9.17) is 0 Å². The van der Waals surface area contributed by atoms with Crippen LogP contribution in [0.2, 0.25) is 0 Å². The molecule has 0 heterocycles. The van der Waals surface area contributed by atoms with Gasteiger partial charge in [0.25, 0.3) is 5.91 Å². The van der Waals surface area contributed by atoms with E-state index in [1.807, 2.05) is 0 Å². The summed E-state index contributed by atoms with van der Waals surface area (Å²) in [6.45, 7) is 1.13. The second-order valence-electron chi connectivity index (χ2n) is 3.28. The first kappa shape index (κ1) is 13.8. The Bertz CT molecular complexity index is 486. The second-order valence-corrected chi connectivity index (χ2v) is 3.28. The molecule has 0 aliphatic carbocycles. The number of nitrogens with one attached hydrogen (secondary N) is 1. The van der Waals surface area contributed by atoms with Gasteiger partial charge in [-0.05, 0) is 19.1 Å². The van der Waals surface area contributed by atoms with Crippen LogP contribution in [0.5, 0.6) is 0 Å². The number of amides is 1. The van der Waals surface area contributed by atoms with Crippen molar-refractivity contribution in [3.8, 4) is 0 Å². The highest BCUT2D eigenvalue weighted by Crippen LogP contribution is 2.12. The number of carbonyl (C=O) groups excluding carboxylic acids is 2. The van der Waals surface area contributed by atoms with Crippen LogP contribution in [-0.4, -0.2) is 18.5 Å². The van der Waals surface area contributed by atoms with E-state index in [0.29, 0.717) is 0 Å². The van der Waals surface area contributed by atoms with Gasteiger partial charge < -0.3 is 10.1 Å². The van der Waals surface area contributed by atoms with E-state index in [9.17, 15) is 18.4 Å². The Morgan fingerprint density at radius 2 is 2.06 bits per heavy atom. The quantitative estimate of drug-likeness (QED) is 0.661. The molecule has 0 unspecified atom stereocenters. The minimum absolute atomic E-state index is 0.0842. The van der Waals surface area contributed by atoms with Gasteiger partial charge in [-0.3, -0.25) is 4.79 Å². The van der Waals surface area contributed by atoms with Crippen molar-refractivity contribution < 1.29 is 23.1 Å². The third kappa shape index (κ3) is 4.32. The molecule has 0 saturated heterocycles. The van der Waals surface area contributed by atoms with Gasteiger partial charge in [-0.2, -0.15) is 0 Å². The zero-order chi connectivity index (χ0) is 13.5. The van der Waals surface area contributed by atoms with Crippen LogP contribution in [0, 0.1) is 11.6 Å². The molecule has 1 N–H and O–H groups in total. The lowest BCUT2D eigenvalue weighted by Gasteiger charge is -2.05. The number of esters is 1. The van der Waals surface area contributed by atoms with Gasteiger partial charge in [0.15, 0.2) is 18.2 Å². The molecule has 1 amide bonds. The Morgan fingerprint density at radius 3 is 2.67 bits per heavy atom. The highest BCUT2D eigenvalue weighted by molar-refractivity contribution is 5.93. The van der Waals surface area contributed by atoms with Crippen LogP contribution in [0.25, 0.3) is 0 Å². The molecule has 1 aromatic rings. The maximum absolute atomic E-state index is 12.8. The molecular weight excluding hydrogens is 244 g/mol. The van der Waals surface area contributed by atoms with E-state index < -0.39 is 30.1 Å². The van der Waals surface area contributed by atoms with Gasteiger partial charge in [0.2, 0.25) is 0 Å². The highest BCUT2D eigenvalue weighted by atomic mass is 19.2. The summed E-state index contributed by atoms with van der Waals surface area (Å²) in [7, 11) is 0. The van der Waals surface area contributed by atoms with Gasteiger partial charge in [-0.25, -0.2) is 13.6 Å². The number of halogens is 2. The predicted molar refractivity (Wildman–Crippen MR) is 60.8 cm³/mol. The Kier molecular flexibility index (Phi) is 4.98. The van der Waals surface area contributed by atoms with Crippen LogP contribution in [-0.2, 0) is 14.3 Å². The van der Waals surface area contributed by atoms with Crippen molar-refractivity contribution >= 4 is 17.6 Å². The first-order valence-electron chi connectivity index (χ1n) is 5.07. The number of hydrogen-bond acceptors (Lipinski definition) is 3. The van der Waals surface area contributed by atoms with E-state index >= 15 is 0 Å². The minimum atomic E-state index is -1.07. The molecule has 0 saturated carbocycles. The fraction of sp³-hybridized carbons (Fsp3) is 0.167. The molecule has 6 heteroatoms. The zero-order valence-corrected chi connectivity index (χ0v) is 9.57. The monoisotopic (exact) mass is 255 g/mol. The SMILES string of the molecule is C/C=C/C(=O)OCC(=O)Nc1ccc(F)c(F)c1. The molecule has 0 aromatic heterocycles. The Morgan fingerprint density at radius 1 is 1.33 bits per heavy atom. The van der Waals surface area contributed by atoms with Crippen molar-refractivity contribution in [1.82, 2.24) is 0 Å². The molecule has 18 heavy (non-hydrogen) atoms. The molecule has 0 aliphatic heterocycles. The topological polar surface area (TPSA) is 55.4 Å². The number of ether oxygens (including phenoxy) is 1. The standard InChI is InChI=1S/C12H11F2NO3/c1-2-3-12(17)18-7-11(16)15-8-4-5-9(13)10(14)6-8/h2-6H,7H2,1H3,(H,15,16)/b3-2+. The van der Waals surface area contributed by atoms with Crippen LogP contribution >= 0.6 is 0 Å². The molecule has 96 valence electrons. The van der Waals surface area contributed by atoms with Gasteiger partial charge in [0.05, 0.1) is 0 Å². The molecule has 0 radical (unpaired) electrons. The number of carbonyl (C=O) groups is 2. The fourth-order valence-corrected chi connectivity index (χ4v) is 1.09. The summed E-state index contributed by atoms with van der Waals surface area (Å²) in [5.74, 6) is -3.37. The van der Waals surface area contributed by atoms with Crippen LogP contribution in [0.1, 0.15) is 6.92 Å². The molecule has 1 rings (SSSR count). The minimum Gasteiger partial charge on any atom is -0.452 e. The van der Waals surface area contributed by atoms with Crippen LogP contribution in [0.4, 0.5) is 14.5 Å². The van der Waals surface area contributed by atoms with Gasteiger partial charge in [-0.1, -0.05) is 6.08 Å². The molecule has 0 atom stereocenters. The van der Waals surface area contributed by atoms with Crippen molar-refractivity contribution in [3.63, 3.8) is 0 Å². The summed E-state index contributed by atoms with van der Waals surface area (Å²) in [6, 6.07) is 2.92. The van der Waals surface area contributed by atoms with Crippen molar-refractivity contribution in [1.29, 1.82) is 0 Å². The van der Waals surface area contributed by atoms with Crippen molar-refractivity contribution in [2.24, 2.45) is 0 Å². The van der Waals surface area contributed by atoms with Gasteiger partial charge in [-0.15, -0.1) is 0 Å². The van der Waals surface area contributed by atoms with E-state index in [1.165, 1.54) is 12.1 Å². The summed E-state index contributed by atoms with van der Waals surface area (Å²) < 4.78 is 30.0. The molecule has 4 nitrogen and oxygen atoms in total. The Hall–Kier alpha value is -2.24. The fourth-order valence-electron chi connectivity index (χ4n) is 1.09. The van der Waals surface area contributed by atoms with Gasteiger partial charge >= 0.3 is 5.97 Å². The highest BCUT2D eigenvalue weighted by Gasteiger charge is 2.07.